The summed E-state index contributed by atoms with van der Waals surface area (Å²) < 4.78 is 19.2. The van der Waals surface area contributed by atoms with Crippen molar-refractivity contribution in [1.29, 1.82) is 0 Å². The first-order chi connectivity index (χ1) is 11.7. The lowest BCUT2D eigenvalue weighted by Gasteiger charge is -2.07. The maximum atomic E-state index is 13.6. The lowest BCUT2D eigenvalue weighted by Crippen LogP contribution is -2.06. The molecule has 0 atom stereocenters. The molecule has 0 amide bonds. The minimum absolute atomic E-state index is 0.174. The van der Waals surface area contributed by atoms with Crippen LogP contribution in [-0.2, 0) is 0 Å². The molecule has 0 saturated carbocycles. The Balaban J connectivity index is 1.67. The Labute approximate surface area is 135 Å². The van der Waals surface area contributed by atoms with E-state index in [1.807, 2.05) is 12.1 Å². The number of ether oxygens (including phenoxy) is 1. The number of para-hydroxylation sites is 1. The Bertz CT molecular complexity index is 1070. The van der Waals surface area contributed by atoms with E-state index in [0.29, 0.717) is 11.3 Å². The highest BCUT2D eigenvalue weighted by molar-refractivity contribution is 5.94. The third kappa shape index (κ3) is 2.44. The van der Waals surface area contributed by atoms with Crippen molar-refractivity contribution in [2.75, 3.05) is 0 Å². The van der Waals surface area contributed by atoms with Crippen LogP contribution in [0, 0.1) is 5.82 Å². The predicted octanol–water partition coefficient (Wildman–Crippen LogP) is 3.85. The van der Waals surface area contributed by atoms with E-state index in [-0.39, 0.29) is 11.3 Å². The highest BCUT2D eigenvalue weighted by Crippen LogP contribution is 2.30. The zero-order chi connectivity index (χ0) is 16.5. The quantitative estimate of drug-likeness (QED) is 0.602. The smallest absolute Gasteiger partial charge is 0.288 e. The van der Waals surface area contributed by atoms with Gasteiger partial charge >= 0.3 is 0 Å². The van der Waals surface area contributed by atoms with Gasteiger partial charge in [-0.3, -0.25) is 4.79 Å². The molecule has 2 heterocycles. The van der Waals surface area contributed by atoms with Crippen LogP contribution in [0.25, 0.3) is 22.0 Å². The molecule has 2 N–H and O–H groups in total. The Morgan fingerprint density at radius 2 is 1.83 bits per heavy atom. The Hall–Kier alpha value is -3.41. The van der Waals surface area contributed by atoms with Gasteiger partial charge in [-0.1, -0.05) is 24.3 Å². The van der Waals surface area contributed by atoms with Gasteiger partial charge in [0, 0.05) is 17.1 Å². The molecule has 0 bridgehead atoms. The van der Waals surface area contributed by atoms with E-state index in [2.05, 4.69) is 15.2 Å². The molecule has 0 aliphatic rings. The number of nitrogens with zero attached hydrogens (tertiary/aromatic N) is 1. The summed E-state index contributed by atoms with van der Waals surface area (Å²) in [6, 6.07) is 13.4. The first-order valence-corrected chi connectivity index (χ1v) is 7.30. The van der Waals surface area contributed by atoms with Gasteiger partial charge in [0.2, 0.25) is 0 Å². The van der Waals surface area contributed by atoms with Crippen LogP contribution in [0.15, 0.2) is 65.7 Å². The van der Waals surface area contributed by atoms with Crippen LogP contribution < -0.4 is 10.3 Å². The maximum Gasteiger partial charge on any atom is 0.288 e. The molecule has 4 aromatic rings. The molecule has 0 saturated heterocycles. The van der Waals surface area contributed by atoms with Crippen molar-refractivity contribution in [3.05, 3.63) is 77.1 Å². The number of halogens is 1. The number of hydrogen-bond acceptors (Lipinski definition) is 3. The molecule has 0 radical (unpaired) electrons. The van der Waals surface area contributed by atoms with E-state index in [9.17, 15) is 9.18 Å². The normalized spacial score (nSPS) is 10.9. The Morgan fingerprint density at radius 1 is 1.04 bits per heavy atom. The summed E-state index contributed by atoms with van der Waals surface area (Å²) in [7, 11) is 0. The van der Waals surface area contributed by atoms with Crippen molar-refractivity contribution in [1.82, 2.24) is 15.2 Å². The molecule has 118 valence electrons. The summed E-state index contributed by atoms with van der Waals surface area (Å²) in [5.74, 6) is 0.288. The molecular weight excluding hydrogens is 309 g/mol. The maximum absolute atomic E-state index is 13.6. The van der Waals surface area contributed by atoms with Gasteiger partial charge in [0.05, 0.1) is 6.20 Å². The SMILES string of the molecule is O=c1[nH]ncc2c(-c3ccc(Oc4ccccc4F)cc3)c[nH]c12. The molecule has 0 unspecified atom stereocenters. The second-order valence-corrected chi connectivity index (χ2v) is 5.25. The zero-order valence-corrected chi connectivity index (χ0v) is 12.4. The molecule has 0 aliphatic heterocycles. The number of benzene rings is 2. The van der Waals surface area contributed by atoms with E-state index < -0.39 is 5.82 Å². The summed E-state index contributed by atoms with van der Waals surface area (Å²) in [5, 5.41) is 6.96. The van der Waals surface area contributed by atoms with Gasteiger partial charge in [-0.15, -0.1) is 0 Å². The lowest BCUT2D eigenvalue weighted by atomic mass is 10.1. The van der Waals surface area contributed by atoms with E-state index >= 15 is 0 Å². The van der Waals surface area contributed by atoms with Crippen molar-refractivity contribution in [2.24, 2.45) is 0 Å². The van der Waals surface area contributed by atoms with Gasteiger partial charge in [0.25, 0.3) is 5.56 Å². The number of nitrogens with one attached hydrogen (secondary N) is 2. The third-order valence-corrected chi connectivity index (χ3v) is 3.74. The number of rotatable bonds is 3. The topological polar surface area (TPSA) is 70.8 Å². The van der Waals surface area contributed by atoms with Crippen molar-refractivity contribution >= 4 is 10.9 Å². The highest BCUT2D eigenvalue weighted by atomic mass is 19.1. The van der Waals surface area contributed by atoms with Gasteiger partial charge in [-0.2, -0.15) is 5.10 Å². The number of hydrogen-bond donors (Lipinski definition) is 2. The first-order valence-electron chi connectivity index (χ1n) is 7.30. The Morgan fingerprint density at radius 3 is 2.62 bits per heavy atom. The van der Waals surface area contributed by atoms with Gasteiger partial charge < -0.3 is 9.72 Å². The summed E-state index contributed by atoms with van der Waals surface area (Å²) in [4.78, 5) is 14.7. The summed E-state index contributed by atoms with van der Waals surface area (Å²) in [6.07, 6.45) is 3.36. The molecule has 2 aromatic heterocycles. The van der Waals surface area contributed by atoms with Crippen LogP contribution in [0.1, 0.15) is 0 Å². The largest absolute Gasteiger partial charge is 0.454 e. The van der Waals surface area contributed by atoms with Gasteiger partial charge in [0.1, 0.15) is 11.3 Å². The fourth-order valence-corrected chi connectivity index (χ4v) is 2.56. The summed E-state index contributed by atoms with van der Waals surface area (Å²) >= 11 is 0. The van der Waals surface area contributed by atoms with Gasteiger partial charge in [-0.05, 0) is 29.8 Å². The van der Waals surface area contributed by atoms with E-state index in [1.165, 1.54) is 6.07 Å². The Kier molecular flexibility index (Phi) is 3.35. The molecule has 0 fully saturated rings. The lowest BCUT2D eigenvalue weighted by molar-refractivity contribution is 0.442. The van der Waals surface area contributed by atoms with Crippen molar-refractivity contribution in [3.8, 4) is 22.6 Å². The van der Waals surface area contributed by atoms with Gasteiger partial charge in [-0.25, -0.2) is 9.49 Å². The average Bonchev–Trinajstić information content (AvgIpc) is 3.03. The molecule has 5 nitrogen and oxygen atoms in total. The van der Waals surface area contributed by atoms with E-state index in [4.69, 9.17) is 4.74 Å². The van der Waals surface area contributed by atoms with Crippen LogP contribution in [0.3, 0.4) is 0 Å². The van der Waals surface area contributed by atoms with Crippen LogP contribution in [0.5, 0.6) is 11.5 Å². The second kappa shape index (κ2) is 5.66. The van der Waals surface area contributed by atoms with Crippen LogP contribution in [0.2, 0.25) is 0 Å². The monoisotopic (exact) mass is 321 g/mol. The number of H-pyrrole nitrogens is 2. The molecule has 6 heteroatoms. The van der Waals surface area contributed by atoms with E-state index in [1.54, 1.807) is 42.7 Å². The van der Waals surface area contributed by atoms with Crippen LogP contribution in [0.4, 0.5) is 4.39 Å². The molecular formula is C18H12FN3O2. The van der Waals surface area contributed by atoms with Gasteiger partial charge in [0.15, 0.2) is 11.6 Å². The first kappa shape index (κ1) is 14.2. The van der Waals surface area contributed by atoms with Crippen LogP contribution in [-0.4, -0.2) is 15.2 Å². The molecule has 0 spiro atoms. The minimum Gasteiger partial charge on any atom is -0.454 e. The molecule has 2 aromatic carbocycles. The number of aromatic nitrogens is 3. The van der Waals surface area contributed by atoms with Crippen LogP contribution >= 0.6 is 0 Å². The minimum atomic E-state index is -0.413. The third-order valence-electron chi connectivity index (χ3n) is 3.74. The standard InChI is InChI=1S/C18H12FN3O2/c19-15-3-1-2-4-16(15)24-12-7-5-11(6-8-12)13-9-20-17-14(13)10-21-22-18(17)23/h1-10,20H,(H,22,23). The fraction of sp³-hybridized carbons (Fsp3) is 0. The van der Waals surface area contributed by atoms with Crippen molar-refractivity contribution in [2.45, 2.75) is 0 Å². The van der Waals surface area contributed by atoms with Crippen molar-refractivity contribution in [3.63, 3.8) is 0 Å². The fourth-order valence-electron chi connectivity index (χ4n) is 2.56. The highest BCUT2D eigenvalue weighted by Gasteiger charge is 2.09. The number of aromatic amines is 2. The van der Waals surface area contributed by atoms with Crippen molar-refractivity contribution < 1.29 is 9.13 Å². The summed E-state index contributed by atoms with van der Waals surface area (Å²) in [5.41, 5.74) is 1.97. The molecule has 0 aliphatic carbocycles. The second-order valence-electron chi connectivity index (χ2n) is 5.25. The average molecular weight is 321 g/mol. The summed E-state index contributed by atoms with van der Waals surface area (Å²) in [6.45, 7) is 0. The zero-order valence-electron chi connectivity index (χ0n) is 12.4. The molecule has 24 heavy (non-hydrogen) atoms. The molecule has 4 rings (SSSR count). The predicted molar refractivity (Wildman–Crippen MR) is 88.6 cm³/mol. The number of fused-ring (bicyclic) bond motifs is 1. The van der Waals surface area contributed by atoms with E-state index in [0.717, 1.165) is 16.5 Å².